The molecule has 0 unspecified atom stereocenters. The molecule has 0 saturated carbocycles. The molecule has 86 valence electrons. The number of amides is 1. The van der Waals surface area contributed by atoms with Gasteiger partial charge in [0.25, 0.3) is 0 Å². The van der Waals surface area contributed by atoms with Crippen LogP contribution in [-0.2, 0) is 11.2 Å². The van der Waals surface area contributed by atoms with Gasteiger partial charge in [-0.3, -0.25) is 4.79 Å². The molecule has 2 rings (SSSR count). The van der Waals surface area contributed by atoms with Crippen LogP contribution < -0.4 is 15.4 Å². The lowest BCUT2D eigenvalue weighted by Crippen LogP contribution is -2.53. The van der Waals surface area contributed by atoms with E-state index in [1.807, 2.05) is 24.3 Å². The molecule has 1 fully saturated rings. The first kappa shape index (κ1) is 11.0. The van der Waals surface area contributed by atoms with E-state index >= 15 is 0 Å². The molecule has 16 heavy (non-hydrogen) atoms. The number of hydrogen-bond donors (Lipinski definition) is 2. The minimum atomic E-state index is -0.148. The predicted octanol–water partition coefficient (Wildman–Crippen LogP) is 0.326. The van der Waals surface area contributed by atoms with Crippen LogP contribution in [0, 0.1) is 0 Å². The molecule has 1 atom stereocenters. The van der Waals surface area contributed by atoms with E-state index in [0.29, 0.717) is 13.0 Å². The molecule has 2 N–H and O–H groups in total. The van der Waals surface area contributed by atoms with E-state index in [2.05, 4.69) is 10.6 Å². The van der Waals surface area contributed by atoms with Crippen LogP contribution in [0.25, 0.3) is 0 Å². The van der Waals surface area contributed by atoms with Crippen molar-refractivity contribution in [2.24, 2.45) is 0 Å². The highest BCUT2D eigenvalue weighted by Gasteiger charge is 2.22. The summed E-state index contributed by atoms with van der Waals surface area (Å²) in [4.78, 5) is 11.6. The number of piperazine rings is 1. The first-order valence-corrected chi connectivity index (χ1v) is 5.44. The number of ether oxygens (including phenoxy) is 1. The monoisotopic (exact) mass is 220 g/mol. The van der Waals surface area contributed by atoms with Crippen molar-refractivity contribution < 1.29 is 9.53 Å². The molecule has 0 spiro atoms. The molecular formula is C12H16N2O2. The minimum Gasteiger partial charge on any atom is -0.496 e. The Morgan fingerprint density at radius 2 is 2.19 bits per heavy atom. The Hall–Kier alpha value is -1.55. The quantitative estimate of drug-likeness (QED) is 0.771. The average molecular weight is 220 g/mol. The second-order valence-electron chi connectivity index (χ2n) is 3.81. The smallest absolute Gasteiger partial charge is 0.237 e. The largest absolute Gasteiger partial charge is 0.496 e. The van der Waals surface area contributed by atoms with E-state index in [4.69, 9.17) is 4.74 Å². The minimum absolute atomic E-state index is 0.0668. The Bertz CT molecular complexity index is 379. The highest BCUT2D eigenvalue weighted by molar-refractivity contribution is 5.82. The van der Waals surface area contributed by atoms with Crippen molar-refractivity contribution in [1.29, 1.82) is 0 Å². The topological polar surface area (TPSA) is 50.4 Å². The molecule has 4 heteroatoms. The molecule has 0 aromatic heterocycles. The summed E-state index contributed by atoms with van der Waals surface area (Å²) < 4.78 is 5.26. The lowest BCUT2D eigenvalue weighted by atomic mass is 10.0. The predicted molar refractivity (Wildman–Crippen MR) is 61.5 cm³/mol. The number of carbonyl (C=O) groups is 1. The number of nitrogens with one attached hydrogen (secondary N) is 2. The summed E-state index contributed by atoms with van der Waals surface area (Å²) in [5.74, 6) is 0.903. The van der Waals surface area contributed by atoms with Gasteiger partial charge in [0.05, 0.1) is 13.2 Å². The molecule has 1 aliphatic heterocycles. The number of hydrogen-bond acceptors (Lipinski definition) is 3. The number of carbonyl (C=O) groups excluding carboxylic acids is 1. The van der Waals surface area contributed by atoms with Crippen LogP contribution in [0.1, 0.15) is 5.56 Å². The molecule has 1 aromatic carbocycles. The third-order valence-electron chi connectivity index (χ3n) is 2.75. The Labute approximate surface area is 95.0 Å². The lowest BCUT2D eigenvalue weighted by Gasteiger charge is -2.24. The molecular weight excluding hydrogens is 204 g/mol. The molecule has 0 bridgehead atoms. The van der Waals surface area contributed by atoms with Crippen LogP contribution >= 0.6 is 0 Å². The highest BCUT2D eigenvalue weighted by atomic mass is 16.5. The fourth-order valence-electron chi connectivity index (χ4n) is 1.90. The molecule has 1 aliphatic rings. The van der Waals surface area contributed by atoms with E-state index in [-0.39, 0.29) is 11.9 Å². The van der Waals surface area contributed by atoms with Crippen molar-refractivity contribution in [3.63, 3.8) is 0 Å². The first-order chi connectivity index (χ1) is 7.81. The second-order valence-corrected chi connectivity index (χ2v) is 3.81. The van der Waals surface area contributed by atoms with Gasteiger partial charge in [0.2, 0.25) is 5.91 Å². The van der Waals surface area contributed by atoms with E-state index in [1.54, 1.807) is 7.11 Å². The molecule has 4 nitrogen and oxygen atoms in total. The van der Waals surface area contributed by atoms with Gasteiger partial charge < -0.3 is 15.4 Å². The number of benzene rings is 1. The van der Waals surface area contributed by atoms with Gasteiger partial charge in [0.15, 0.2) is 0 Å². The molecule has 0 radical (unpaired) electrons. The van der Waals surface area contributed by atoms with Crippen LogP contribution in [0.4, 0.5) is 0 Å². The normalized spacial score (nSPS) is 20.3. The van der Waals surface area contributed by atoms with Gasteiger partial charge in [-0.1, -0.05) is 18.2 Å². The summed E-state index contributed by atoms with van der Waals surface area (Å²) in [5, 5.41) is 6.05. The maximum absolute atomic E-state index is 11.6. The van der Waals surface area contributed by atoms with Crippen LogP contribution in [0.5, 0.6) is 5.75 Å². The summed E-state index contributed by atoms with van der Waals surface area (Å²) in [6, 6.07) is 7.64. The zero-order valence-corrected chi connectivity index (χ0v) is 9.32. The zero-order valence-electron chi connectivity index (χ0n) is 9.32. The summed E-state index contributed by atoms with van der Waals surface area (Å²) in [6.45, 7) is 1.53. The Balaban J connectivity index is 2.10. The third-order valence-corrected chi connectivity index (χ3v) is 2.75. The van der Waals surface area contributed by atoms with Crippen molar-refractivity contribution in [3.8, 4) is 5.75 Å². The Morgan fingerprint density at radius 3 is 2.94 bits per heavy atom. The fraction of sp³-hybridized carbons (Fsp3) is 0.417. The molecule has 1 heterocycles. The molecule has 1 saturated heterocycles. The van der Waals surface area contributed by atoms with E-state index in [9.17, 15) is 4.79 Å². The highest BCUT2D eigenvalue weighted by Crippen LogP contribution is 2.19. The van der Waals surface area contributed by atoms with Crippen molar-refractivity contribution in [2.45, 2.75) is 12.5 Å². The summed E-state index contributed by atoms with van der Waals surface area (Å²) in [7, 11) is 1.65. The van der Waals surface area contributed by atoms with Crippen LogP contribution in [0.3, 0.4) is 0 Å². The van der Waals surface area contributed by atoms with Gasteiger partial charge in [-0.05, 0) is 11.6 Å². The standard InChI is InChI=1S/C12H16N2O2/c1-16-11-5-3-2-4-9(11)8-10-12(15)14-7-6-13-10/h2-5,10,13H,6-8H2,1H3,(H,14,15)/t10-/m1/s1. The van der Waals surface area contributed by atoms with Crippen LogP contribution in [-0.4, -0.2) is 32.1 Å². The van der Waals surface area contributed by atoms with Gasteiger partial charge in [-0.15, -0.1) is 0 Å². The Kier molecular flexibility index (Phi) is 3.41. The van der Waals surface area contributed by atoms with Crippen molar-refractivity contribution >= 4 is 5.91 Å². The zero-order chi connectivity index (χ0) is 11.4. The average Bonchev–Trinajstić information content (AvgIpc) is 2.33. The molecule has 1 aromatic rings. The van der Waals surface area contributed by atoms with E-state index in [0.717, 1.165) is 17.9 Å². The molecule has 0 aliphatic carbocycles. The fourth-order valence-corrected chi connectivity index (χ4v) is 1.90. The van der Waals surface area contributed by atoms with Crippen molar-refractivity contribution in [3.05, 3.63) is 29.8 Å². The second kappa shape index (κ2) is 4.99. The van der Waals surface area contributed by atoms with Crippen molar-refractivity contribution in [1.82, 2.24) is 10.6 Å². The van der Waals surface area contributed by atoms with Gasteiger partial charge in [-0.25, -0.2) is 0 Å². The van der Waals surface area contributed by atoms with Gasteiger partial charge in [0, 0.05) is 19.5 Å². The van der Waals surface area contributed by atoms with Crippen LogP contribution in [0.15, 0.2) is 24.3 Å². The maximum atomic E-state index is 11.6. The van der Waals surface area contributed by atoms with Gasteiger partial charge in [0.1, 0.15) is 5.75 Å². The van der Waals surface area contributed by atoms with E-state index in [1.165, 1.54) is 0 Å². The van der Waals surface area contributed by atoms with Gasteiger partial charge >= 0.3 is 0 Å². The van der Waals surface area contributed by atoms with Crippen molar-refractivity contribution in [2.75, 3.05) is 20.2 Å². The van der Waals surface area contributed by atoms with E-state index < -0.39 is 0 Å². The maximum Gasteiger partial charge on any atom is 0.237 e. The van der Waals surface area contributed by atoms with Gasteiger partial charge in [-0.2, -0.15) is 0 Å². The number of para-hydroxylation sites is 1. The summed E-state index contributed by atoms with van der Waals surface area (Å²) in [6.07, 6.45) is 0.663. The summed E-state index contributed by atoms with van der Waals surface area (Å²) in [5.41, 5.74) is 1.06. The summed E-state index contributed by atoms with van der Waals surface area (Å²) >= 11 is 0. The van der Waals surface area contributed by atoms with Crippen LogP contribution in [0.2, 0.25) is 0 Å². The first-order valence-electron chi connectivity index (χ1n) is 5.44. The lowest BCUT2D eigenvalue weighted by molar-refractivity contribution is -0.124. The Morgan fingerprint density at radius 1 is 1.38 bits per heavy atom. The third kappa shape index (κ3) is 2.33. The number of rotatable bonds is 3. The SMILES string of the molecule is COc1ccccc1C[C@H]1NCCNC1=O. The number of methoxy groups -OCH3 is 1. The molecule has 1 amide bonds.